The Morgan fingerprint density at radius 3 is 2.11 bits per heavy atom. The van der Waals surface area contributed by atoms with Gasteiger partial charge in [0.2, 0.25) is 0 Å². The first-order valence-electron chi connectivity index (χ1n) is 10.9. The number of hydrogen-bond donors (Lipinski definition) is 0. The summed E-state index contributed by atoms with van der Waals surface area (Å²) >= 11 is 0. The molecule has 0 aliphatic heterocycles. The van der Waals surface area contributed by atoms with Gasteiger partial charge in [-0.15, -0.1) is 0 Å². The molecule has 0 heteroatoms. The fourth-order valence-electron chi connectivity index (χ4n) is 2.94. The van der Waals surface area contributed by atoms with E-state index in [9.17, 15) is 0 Å². The molecule has 152 valence electrons. The first-order valence-corrected chi connectivity index (χ1v) is 10.9. The third-order valence-electron chi connectivity index (χ3n) is 4.93. The van der Waals surface area contributed by atoms with E-state index in [0.29, 0.717) is 5.92 Å². The van der Waals surface area contributed by atoms with Crippen LogP contribution in [0.3, 0.4) is 0 Å². The van der Waals surface area contributed by atoms with Crippen LogP contribution in [0.25, 0.3) is 0 Å². The highest BCUT2D eigenvalue weighted by atomic mass is 14.3. The van der Waals surface area contributed by atoms with Crippen molar-refractivity contribution in [2.45, 2.75) is 87.0 Å². The van der Waals surface area contributed by atoms with Crippen molar-refractivity contribution in [2.24, 2.45) is 11.3 Å². The molecular weight excluding hydrogens is 324 g/mol. The number of unbranched alkanes of at least 4 members (excludes halogenated alkanes) is 2. The lowest BCUT2D eigenvalue weighted by atomic mass is 9.77. The molecule has 0 amide bonds. The van der Waals surface area contributed by atoms with E-state index in [-0.39, 0.29) is 5.41 Å². The van der Waals surface area contributed by atoms with Crippen LogP contribution in [0.5, 0.6) is 0 Å². The van der Waals surface area contributed by atoms with Gasteiger partial charge in [0.1, 0.15) is 0 Å². The van der Waals surface area contributed by atoms with Crippen LogP contribution in [-0.4, -0.2) is 0 Å². The van der Waals surface area contributed by atoms with Crippen LogP contribution in [0.15, 0.2) is 71.9 Å². The second-order valence-electron chi connectivity index (χ2n) is 7.99. The number of allylic oxidation sites excluding steroid dienone is 12. The van der Waals surface area contributed by atoms with Crippen molar-refractivity contribution in [2.75, 3.05) is 0 Å². The normalized spacial score (nSPS) is 15.8. The Bertz CT molecular complexity index is 547. The van der Waals surface area contributed by atoms with Crippen molar-refractivity contribution < 1.29 is 0 Å². The van der Waals surface area contributed by atoms with Gasteiger partial charge in [-0.05, 0) is 56.4 Å². The fourth-order valence-corrected chi connectivity index (χ4v) is 2.94. The molecule has 0 saturated heterocycles. The van der Waals surface area contributed by atoms with Gasteiger partial charge in [0.15, 0.2) is 0 Å². The maximum Gasteiger partial charge on any atom is -0.000756 e. The predicted molar refractivity (Wildman–Crippen MR) is 126 cm³/mol. The Hall–Kier alpha value is -1.56. The van der Waals surface area contributed by atoms with Gasteiger partial charge < -0.3 is 0 Å². The zero-order valence-corrected chi connectivity index (χ0v) is 19.1. The van der Waals surface area contributed by atoms with Crippen molar-refractivity contribution in [3.8, 4) is 0 Å². The van der Waals surface area contributed by atoms with E-state index < -0.39 is 0 Å². The summed E-state index contributed by atoms with van der Waals surface area (Å²) < 4.78 is 0. The lowest BCUT2D eigenvalue weighted by Crippen LogP contribution is -2.15. The van der Waals surface area contributed by atoms with Crippen LogP contribution in [0.2, 0.25) is 0 Å². The fraction of sp³-hybridized carbons (Fsp3) is 0.556. The molecule has 0 radical (unpaired) electrons. The van der Waals surface area contributed by atoms with E-state index in [1.165, 1.54) is 24.0 Å². The predicted octanol–water partition coefficient (Wildman–Crippen LogP) is 9.15. The Balaban J connectivity index is 5.71. The van der Waals surface area contributed by atoms with Crippen molar-refractivity contribution >= 4 is 0 Å². The molecule has 0 aliphatic rings. The summed E-state index contributed by atoms with van der Waals surface area (Å²) in [7, 11) is 0. The van der Waals surface area contributed by atoms with Crippen LogP contribution in [-0.2, 0) is 0 Å². The Morgan fingerprint density at radius 1 is 0.889 bits per heavy atom. The molecule has 27 heavy (non-hydrogen) atoms. The highest BCUT2D eigenvalue weighted by Crippen LogP contribution is 2.35. The molecule has 0 heterocycles. The lowest BCUT2D eigenvalue weighted by Gasteiger charge is -2.28. The summed E-state index contributed by atoms with van der Waals surface area (Å²) in [5.74, 6) is 0.412. The summed E-state index contributed by atoms with van der Waals surface area (Å²) in [4.78, 5) is 0. The van der Waals surface area contributed by atoms with Crippen LogP contribution in [0.4, 0.5) is 0 Å². The molecule has 0 aromatic rings. The molecular formula is C27H44. The molecule has 0 bridgehead atoms. The van der Waals surface area contributed by atoms with Crippen LogP contribution >= 0.6 is 0 Å². The Morgan fingerprint density at radius 2 is 1.52 bits per heavy atom. The molecule has 0 aliphatic carbocycles. The van der Waals surface area contributed by atoms with Gasteiger partial charge in [-0.1, -0.05) is 114 Å². The van der Waals surface area contributed by atoms with E-state index in [1.54, 1.807) is 0 Å². The Kier molecular flexibility index (Phi) is 14.6. The van der Waals surface area contributed by atoms with Gasteiger partial charge in [0.05, 0.1) is 0 Å². The molecule has 1 unspecified atom stereocenters. The minimum atomic E-state index is 0.177. The molecule has 0 N–H and O–H groups in total. The highest BCUT2D eigenvalue weighted by Gasteiger charge is 2.21. The third kappa shape index (κ3) is 11.7. The van der Waals surface area contributed by atoms with E-state index in [2.05, 4.69) is 109 Å². The number of hydrogen-bond acceptors (Lipinski definition) is 0. The summed E-state index contributed by atoms with van der Waals surface area (Å²) in [6.07, 6.45) is 29.7. The van der Waals surface area contributed by atoms with Gasteiger partial charge in [-0.25, -0.2) is 0 Å². The van der Waals surface area contributed by atoms with Gasteiger partial charge in [-0.2, -0.15) is 0 Å². The first kappa shape index (κ1) is 25.4. The average Bonchev–Trinajstić information content (AvgIpc) is 2.65. The summed E-state index contributed by atoms with van der Waals surface area (Å²) in [6, 6.07) is 0. The third-order valence-corrected chi connectivity index (χ3v) is 4.93. The minimum absolute atomic E-state index is 0.177. The van der Waals surface area contributed by atoms with Crippen molar-refractivity contribution in [3.05, 3.63) is 71.9 Å². The Labute approximate surface area is 170 Å². The molecule has 0 spiro atoms. The zero-order chi connectivity index (χ0) is 20.5. The second-order valence-corrected chi connectivity index (χ2v) is 7.99. The highest BCUT2D eigenvalue weighted by molar-refractivity contribution is 5.31. The van der Waals surface area contributed by atoms with Crippen LogP contribution < -0.4 is 0 Å². The largest absolute Gasteiger partial charge is 0.0916 e. The summed E-state index contributed by atoms with van der Waals surface area (Å²) in [5, 5.41) is 0. The zero-order valence-electron chi connectivity index (χ0n) is 19.1. The topological polar surface area (TPSA) is 0 Å². The average molecular weight is 369 g/mol. The summed E-state index contributed by atoms with van der Waals surface area (Å²) in [6.45, 7) is 15.7. The summed E-state index contributed by atoms with van der Waals surface area (Å²) in [5.41, 5.74) is 3.10. The molecule has 0 rings (SSSR count). The molecule has 0 saturated carbocycles. The lowest BCUT2D eigenvalue weighted by molar-refractivity contribution is 0.441. The number of rotatable bonds is 13. The van der Waals surface area contributed by atoms with Gasteiger partial charge >= 0.3 is 0 Å². The van der Waals surface area contributed by atoms with Crippen molar-refractivity contribution in [1.29, 1.82) is 0 Å². The minimum Gasteiger partial charge on any atom is -0.0916 e. The quantitative estimate of drug-likeness (QED) is 0.224. The SMILES string of the molecule is CC=CCC(=CC(C)C(C=CCCC)=CC=CCCC)C(C)(C)CC=CC. The van der Waals surface area contributed by atoms with Crippen LogP contribution in [0, 0.1) is 11.3 Å². The maximum absolute atomic E-state index is 2.50. The molecule has 0 aromatic heterocycles. The van der Waals surface area contributed by atoms with Gasteiger partial charge in [-0.3, -0.25) is 0 Å². The van der Waals surface area contributed by atoms with E-state index in [0.717, 1.165) is 25.7 Å². The molecule has 1 atom stereocenters. The van der Waals surface area contributed by atoms with Gasteiger partial charge in [0, 0.05) is 0 Å². The van der Waals surface area contributed by atoms with E-state index in [1.807, 2.05) is 0 Å². The van der Waals surface area contributed by atoms with Crippen molar-refractivity contribution in [3.63, 3.8) is 0 Å². The molecule has 0 nitrogen and oxygen atoms in total. The van der Waals surface area contributed by atoms with Crippen LogP contribution in [0.1, 0.15) is 87.0 Å². The van der Waals surface area contributed by atoms with Gasteiger partial charge in [0.25, 0.3) is 0 Å². The molecule has 0 fully saturated rings. The smallest absolute Gasteiger partial charge is 0.000756 e. The monoisotopic (exact) mass is 368 g/mol. The van der Waals surface area contributed by atoms with E-state index in [4.69, 9.17) is 0 Å². The standard InChI is InChI=1S/C27H44/c1-8-12-16-18-20-25(19-17-13-9-2)24(5)23-26(21-14-10-3)27(6,7)22-15-11-4/h10-11,14-20,23-24H,8-9,12-13,21-22H2,1-7H3. The van der Waals surface area contributed by atoms with E-state index >= 15 is 0 Å². The van der Waals surface area contributed by atoms with Crippen molar-refractivity contribution in [1.82, 2.24) is 0 Å². The molecule has 0 aromatic carbocycles. The first-order chi connectivity index (χ1) is 12.9. The maximum atomic E-state index is 2.50. The second kappa shape index (κ2) is 15.5.